The molecular weight excluding hydrogens is 182 g/mol. The van der Waals surface area contributed by atoms with Gasteiger partial charge in [-0.05, 0) is 49.5 Å². The second kappa shape index (κ2) is 3.93. The molecule has 2 N–H and O–H groups in total. The van der Waals surface area contributed by atoms with Gasteiger partial charge in [-0.15, -0.1) is 0 Å². The van der Waals surface area contributed by atoms with E-state index in [4.69, 9.17) is 5.73 Å². The van der Waals surface area contributed by atoms with Crippen LogP contribution in [0.3, 0.4) is 0 Å². The van der Waals surface area contributed by atoms with Crippen molar-refractivity contribution in [3.05, 3.63) is 52.7 Å². The summed E-state index contributed by atoms with van der Waals surface area (Å²) >= 11 is 0. The van der Waals surface area contributed by atoms with E-state index in [1.807, 2.05) is 6.08 Å². The molecule has 0 atom stereocenters. The van der Waals surface area contributed by atoms with Crippen LogP contribution in [0.2, 0.25) is 0 Å². The van der Waals surface area contributed by atoms with Gasteiger partial charge in [0.15, 0.2) is 0 Å². The quantitative estimate of drug-likeness (QED) is 0.737. The third-order valence-electron chi connectivity index (χ3n) is 2.91. The van der Waals surface area contributed by atoms with Crippen LogP contribution in [0, 0.1) is 13.8 Å². The van der Waals surface area contributed by atoms with Crippen molar-refractivity contribution in [2.45, 2.75) is 26.7 Å². The summed E-state index contributed by atoms with van der Waals surface area (Å²) in [6.45, 7) is 4.30. The van der Waals surface area contributed by atoms with Crippen LogP contribution in [0.5, 0.6) is 0 Å². The number of benzene rings is 1. The monoisotopic (exact) mass is 199 g/mol. The molecule has 15 heavy (non-hydrogen) atoms. The summed E-state index contributed by atoms with van der Waals surface area (Å²) < 4.78 is 0. The zero-order chi connectivity index (χ0) is 10.8. The van der Waals surface area contributed by atoms with Crippen molar-refractivity contribution >= 4 is 5.57 Å². The average molecular weight is 199 g/mol. The van der Waals surface area contributed by atoms with Gasteiger partial charge in [-0.25, -0.2) is 0 Å². The summed E-state index contributed by atoms with van der Waals surface area (Å²) in [5.41, 5.74) is 12.2. The third kappa shape index (κ3) is 2.12. The number of hydrogen-bond donors (Lipinski definition) is 1. The number of aryl methyl sites for hydroxylation is 2. The minimum absolute atomic E-state index is 0.985. The highest BCUT2D eigenvalue weighted by Crippen LogP contribution is 2.27. The van der Waals surface area contributed by atoms with Crippen LogP contribution in [0.25, 0.3) is 5.57 Å². The molecular formula is C14H17N. The number of nitrogens with two attached hydrogens (primary N) is 1. The van der Waals surface area contributed by atoms with Gasteiger partial charge in [0.25, 0.3) is 0 Å². The maximum absolute atomic E-state index is 5.75. The molecule has 0 saturated heterocycles. The molecule has 1 aliphatic carbocycles. The Morgan fingerprint density at radius 2 is 1.87 bits per heavy atom. The van der Waals surface area contributed by atoms with Crippen molar-refractivity contribution in [3.8, 4) is 0 Å². The molecule has 1 heteroatoms. The second-order valence-corrected chi connectivity index (χ2v) is 4.25. The van der Waals surface area contributed by atoms with Crippen LogP contribution in [0.1, 0.15) is 29.5 Å². The maximum Gasteiger partial charge on any atom is 0.00839 e. The summed E-state index contributed by atoms with van der Waals surface area (Å²) in [6.07, 6.45) is 6.22. The molecule has 0 heterocycles. The van der Waals surface area contributed by atoms with E-state index in [1.54, 1.807) is 0 Å². The SMILES string of the molecule is Cc1ccc(C2=CC=C(N)CC2)c(C)c1. The molecule has 0 bridgehead atoms. The first kappa shape index (κ1) is 10.0. The molecule has 78 valence electrons. The third-order valence-corrected chi connectivity index (χ3v) is 2.91. The molecule has 0 aromatic heterocycles. The Hall–Kier alpha value is -1.50. The zero-order valence-corrected chi connectivity index (χ0v) is 9.38. The Morgan fingerprint density at radius 1 is 1.07 bits per heavy atom. The first-order chi connectivity index (χ1) is 7.16. The Kier molecular flexibility index (Phi) is 2.63. The summed E-state index contributed by atoms with van der Waals surface area (Å²) in [5, 5.41) is 0. The van der Waals surface area contributed by atoms with Gasteiger partial charge in [-0.3, -0.25) is 0 Å². The van der Waals surface area contributed by atoms with Crippen LogP contribution >= 0.6 is 0 Å². The molecule has 0 fully saturated rings. The molecule has 0 unspecified atom stereocenters. The first-order valence-electron chi connectivity index (χ1n) is 5.39. The molecule has 0 spiro atoms. The van der Waals surface area contributed by atoms with Crippen molar-refractivity contribution < 1.29 is 0 Å². The van der Waals surface area contributed by atoms with E-state index in [9.17, 15) is 0 Å². The van der Waals surface area contributed by atoms with E-state index in [-0.39, 0.29) is 0 Å². The summed E-state index contributed by atoms with van der Waals surface area (Å²) in [4.78, 5) is 0. The smallest absolute Gasteiger partial charge is 0.00839 e. The maximum atomic E-state index is 5.75. The highest BCUT2D eigenvalue weighted by molar-refractivity contribution is 5.71. The van der Waals surface area contributed by atoms with Gasteiger partial charge in [-0.1, -0.05) is 29.8 Å². The predicted octanol–water partition coefficient (Wildman–Crippen LogP) is 3.32. The lowest BCUT2D eigenvalue weighted by Gasteiger charge is -2.14. The zero-order valence-electron chi connectivity index (χ0n) is 9.38. The van der Waals surface area contributed by atoms with E-state index in [0.29, 0.717) is 0 Å². The summed E-state index contributed by atoms with van der Waals surface area (Å²) in [7, 11) is 0. The van der Waals surface area contributed by atoms with Crippen LogP contribution in [-0.2, 0) is 0 Å². The van der Waals surface area contributed by atoms with Crippen molar-refractivity contribution in [2.75, 3.05) is 0 Å². The molecule has 1 nitrogen and oxygen atoms in total. The minimum Gasteiger partial charge on any atom is -0.402 e. The van der Waals surface area contributed by atoms with Gasteiger partial charge in [0.05, 0.1) is 0 Å². The molecule has 0 amide bonds. The van der Waals surface area contributed by atoms with Crippen LogP contribution in [-0.4, -0.2) is 0 Å². The fourth-order valence-electron chi connectivity index (χ4n) is 2.05. The Labute approximate surface area is 91.3 Å². The van der Waals surface area contributed by atoms with Crippen molar-refractivity contribution in [1.82, 2.24) is 0 Å². The van der Waals surface area contributed by atoms with E-state index >= 15 is 0 Å². The molecule has 1 aromatic rings. The predicted molar refractivity (Wildman–Crippen MR) is 65.4 cm³/mol. The fourth-order valence-corrected chi connectivity index (χ4v) is 2.05. The average Bonchev–Trinajstić information content (AvgIpc) is 2.20. The van der Waals surface area contributed by atoms with Crippen LogP contribution < -0.4 is 5.73 Å². The Bertz CT molecular complexity index is 439. The van der Waals surface area contributed by atoms with E-state index in [0.717, 1.165) is 18.5 Å². The van der Waals surface area contributed by atoms with Gasteiger partial charge in [0.1, 0.15) is 0 Å². The second-order valence-electron chi connectivity index (χ2n) is 4.25. The van der Waals surface area contributed by atoms with Crippen molar-refractivity contribution in [3.63, 3.8) is 0 Å². The van der Waals surface area contributed by atoms with E-state index in [1.165, 1.54) is 22.3 Å². The van der Waals surface area contributed by atoms with Gasteiger partial charge in [0, 0.05) is 5.70 Å². The summed E-state index contributed by atoms with van der Waals surface area (Å²) in [6, 6.07) is 6.62. The lowest BCUT2D eigenvalue weighted by molar-refractivity contribution is 0.957. The van der Waals surface area contributed by atoms with Crippen molar-refractivity contribution in [1.29, 1.82) is 0 Å². The Morgan fingerprint density at radius 3 is 2.47 bits per heavy atom. The normalized spacial score (nSPS) is 15.9. The molecule has 0 saturated carbocycles. The molecule has 2 rings (SSSR count). The van der Waals surface area contributed by atoms with Gasteiger partial charge in [-0.2, -0.15) is 0 Å². The standard InChI is InChI=1S/C14H17N/c1-10-3-8-14(11(2)9-10)12-4-6-13(15)7-5-12/h3-4,6,8-9H,5,7,15H2,1-2H3. The highest BCUT2D eigenvalue weighted by atomic mass is 14.6. The molecule has 0 aliphatic heterocycles. The molecule has 1 aromatic carbocycles. The fraction of sp³-hybridized carbons (Fsp3) is 0.286. The topological polar surface area (TPSA) is 26.0 Å². The molecule has 0 radical (unpaired) electrons. The van der Waals surface area contributed by atoms with Crippen LogP contribution in [0.15, 0.2) is 36.0 Å². The van der Waals surface area contributed by atoms with Gasteiger partial charge < -0.3 is 5.73 Å². The van der Waals surface area contributed by atoms with E-state index in [2.05, 4.69) is 38.1 Å². The first-order valence-corrected chi connectivity index (χ1v) is 5.39. The highest BCUT2D eigenvalue weighted by Gasteiger charge is 2.08. The minimum atomic E-state index is 0.985. The van der Waals surface area contributed by atoms with E-state index < -0.39 is 0 Å². The number of allylic oxidation sites excluding steroid dienone is 4. The number of hydrogen-bond acceptors (Lipinski definition) is 1. The van der Waals surface area contributed by atoms with Gasteiger partial charge in [0.2, 0.25) is 0 Å². The largest absolute Gasteiger partial charge is 0.402 e. The van der Waals surface area contributed by atoms with Crippen molar-refractivity contribution in [2.24, 2.45) is 5.73 Å². The lowest BCUT2D eigenvalue weighted by atomic mass is 9.92. The van der Waals surface area contributed by atoms with Gasteiger partial charge >= 0.3 is 0 Å². The molecule has 1 aliphatic rings. The van der Waals surface area contributed by atoms with Crippen LogP contribution in [0.4, 0.5) is 0 Å². The summed E-state index contributed by atoms with van der Waals surface area (Å²) in [5.74, 6) is 0. The Balaban J connectivity index is 2.38. The number of rotatable bonds is 1. The lowest BCUT2D eigenvalue weighted by Crippen LogP contribution is -2.02.